The van der Waals surface area contributed by atoms with E-state index in [2.05, 4.69) is 36.3 Å². The Morgan fingerprint density at radius 1 is 1.42 bits per heavy atom. The average Bonchev–Trinajstić information content (AvgIpc) is 2.09. The molecule has 12 heavy (non-hydrogen) atoms. The maximum Gasteiger partial charge on any atom is 0.0541 e. The summed E-state index contributed by atoms with van der Waals surface area (Å²) in [4.78, 5) is 4.29. The first-order chi connectivity index (χ1) is 5.83. The smallest absolute Gasteiger partial charge is 0.0541 e. The molecule has 0 aliphatic heterocycles. The first kappa shape index (κ1) is 9.20. The fourth-order valence-electron chi connectivity index (χ4n) is 0.996. The summed E-state index contributed by atoms with van der Waals surface area (Å²) in [5, 5.41) is 3.31. The molecule has 0 aliphatic carbocycles. The summed E-state index contributed by atoms with van der Waals surface area (Å²) in [5.41, 5.74) is 2.34. The van der Waals surface area contributed by atoms with Crippen LogP contribution in [0.25, 0.3) is 0 Å². The van der Waals surface area contributed by atoms with E-state index >= 15 is 0 Å². The zero-order valence-corrected chi connectivity index (χ0v) is 7.80. The van der Waals surface area contributed by atoms with Crippen LogP contribution in [-0.2, 0) is 6.54 Å². The van der Waals surface area contributed by atoms with Crippen molar-refractivity contribution in [1.82, 2.24) is 10.3 Å². The molecule has 0 aromatic carbocycles. The molecule has 1 heterocycles. The molecule has 0 saturated carbocycles. The summed E-state index contributed by atoms with van der Waals surface area (Å²) >= 11 is 0. The highest BCUT2D eigenvalue weighted by molar-refractivity contribution is 5.11. The van der Waals surface area contributed by atoms with Crippen molar-refractivity contribution in [3.8, 4) is 0 Å². The van der Waals surface area contributed by atoms with E-state index in [1.807, 2.05) is 6.20 Å². The van der Waals surface area contributed by atoms with Crippen LogP contribution in [0.4, 0.5) is 0 Å². The second-order valence-corrected chi connectivity index (χ2v) is 3.00. The molecule has 1 N–H and O–H groups in total. The third-order valence-electron chi connectivity index (χ3n) is 1.71. The van der Waals surface area contributed by atoms with Crippen molar-refractivity contribution in [2.45, 2.75) is 26.8 Å². The SMILES string of the molecule is CCCNCc1ccc(C)cn1. The number of pyridine rings is 1. The van der Waals surface area contributed by atoms with Crippen LogP contribution in [0.3, 0.4) is 0 Å². The van der Waals surface area contributed by atoms with E-state index in [9.17, 15) is 0 Å². The molecule has 0 unspecified atom stereocenters. The van der Waals surface area contributed by atoms with Gasteiger partial charge in [0, 0.05) is 12.7 Å². The van der Waals surface area contributed by atoms with Gasteiger partial charge in [0.25, 0.3) is 0 Å². The summed E-state index contributed by atoms with van der Waals surface area (Å²) in [6.45, 7) is 6.16. The molecule has 1 rings (SSSR count). The van der Waals surface area contributed by atoms with Crippen molar-refractivity contribution in [3.05, 3.63) is 29.6 Å². The molecule has 0 bridgehead atoms. The normalized spacial score (nSPS) is 10.2. The van der Waals surface area contributed by atoms with Gasteiger partial charge in [0.2, 0.25) is 0 Å². The van der Waals surface area contributed by atoms with Crippen LogP contribution in [0.5, 0.6) is 0 Å². The molecular formula is C10H16N2. The maximum atomic E-state index is 4.29. The van der Waals surface area contributed by atoms with Crippen LogP contribution in [0, 0.1) is 6.92 Å². The predicted octanol–water partition coefficient (Wildman–Crippen LogP) is 1.89. The number of nitrogens with one attached hydrogen (secondary N) is 1. The van der Waals surface area contributed by atoms with Crippen molar-refractivity contribution in [1.29, 1.82) is 0 Å². The standard InChI is InChI=1S/C10H16N2/c1-3-6-11-8-10-5-4-9(2)7-12-10/h4-5,7,11H,3,6,8H2,1-2H3. The Morgan fingerprint density at radius 2 is 2.25 bits per heavy atom. The summed E-state index contributed by atoms with van der Waals surface area (Å²) in [7, 11) is 0. The topological polar surface area (TPSA) is 24.9 Å². The second kappa shape index (κ2) is 4.88. The van der Waals surface area contributed by atoms with Gasteiger partial charge in [0.05, 0.1) is 5.69 Å². The third kappa shape index (κ3) is 3.01. The van der Waals surface area contributed by atoms with Crippen molar-refractivity contribution in [2.75, 3.05) is 6.54 Å². The van der Waals surface area contributed by atoms with Crippen LogP contribution in [0.1, 0.15) is 24.6 Å². The Bertz CT molecular complexity index is 216. The van der Waals surface area contributed by atoms with Crippen LogP contribution in [-0.4, -0.2) is 11.5 Å². The molecule has 0 fully saturated rings. The van der Waals surface area contributed by atoms with Gasteiger partial charge in [0.15, 0.2) is 0 Å². The first-order valence-electron chi connectivity index (χ1n) is 4.45. The molecular weight excluding hydrogens is 148 g/mol. The molecule has 0 radical (unpaired) electrons. The highest BCUT2D eigenvalue weighted by Crippen LogP contribution is 1.97. The Hall–Kier alpha value is -0.890. The molecule has 2 heteroatoms. The van der Waals surface area contributed by atoms with Crippen molar-refractivity contribution in [3.63, 3.8) is 0 Å². The molecule has 2 nitrogen and oxygen atoms in total. The van der Waals surface area contributed by atoms with Gasteiger partial charge in [-0.1, -0.05) is 13.0 Å². The van der Waals surface area contributed by atoms with Gasteiger partial charge in [-0.25, -0.2) is 0 Å². The number of aryl methyl sites for hydroxylation is 1. The largest absolute Gasteiger partial charge is 0.311 e. The summed E-state index contributed by atoms with van der Waals surface area (Å²) in [6.07, 6.45) is 3.08. The van der Waals surface area contributed by atoms with Crippen LogP contribution in [0.2, 0.25) is 0 Å². The van der Waals surface area contributed by atoms with Crippen LogP contribution < -0.4 is 5.32 Å². The molecule has 1 aromatic heterocycles. The van der Waals surface area contributed by atoms with Gasteiger partial charge in [-0.2, -0.15) is 0 Å². The Kier molecular flexibility index (Phi) is 3.74. The molecule has 0 amide bonds. The third-order valence-corrected chi connectivity index (χ3v) is 1.71. The average molecular weight is 164 g/mol. The molecule has 66 valence electrons. The summed E-state index contributed by atoms with van der Waals surface area (Å²) in [5.74, 6) is 0. The van der Waals surface area contributed by atoms with E-state index in [1.54, 1.807) is 0 Å². The van der Waals surface area contributed by atoms with Crippen molar-refractivity contribution in [2.24, 2.45) is 0 Å². The van der Waals surface area contributed by atoms with Crippen LogP contribution >= 0.6 is 0 Å². The first-order valence-corrected chi connectivity index (χ1v) is 4.45. The molecule has 0 atom stereocenters. The number of rotatable bonds is 4. The zero-order valence-electron chi connectivity index (χ0n) is 7.80. The van der Waals surface area contributed by atoms with E-state index in [-0.39, 0.29) is 0 Å². The van der Waals surface area contributed by atoms with Gasteiger partial charge in [-0.15, -0.1) is 0 Å². The number of hydrogen-bond acceptors (Lipinski definition) is 2. The Labute approximate surface area is 74.0 Å². The monoisotopic (exact) mass is 164 g/mol. The number of hydrogen-bond donors (Lipinski definition) is 1. The number of aromatic nitrogens is 1. The second-order valence-electron chi connectivity index (χ2n) is 3.00. The highest BCUT2D eigenvalue weighted by atomic mass is 14.9. The predicted molar refractivity (Wildman–Crippen MR) is 51.0 cm³/mol. The maximum absolute atomic E-state index is 4.29. The molecule has 0 aliphatic rings. The van der Waals surface area contributed by atoms with Gasteiger partial charge >= 0.3 is 0 Å². The summed E-state index contributed by atoms with van der Waals surface area (Å²) in [6, 6.07) is 4.16. The van der Waals surface area contributed by atoms with E-state index in [1.165, 1.54) is 12.0 Å². The lowest BCUT2D eigenvalue weighted by Crippen LogP contribution is -2.14. The fourth-order valence-corrected chi connectivity index (χ4v) is 0.996. The molecule has 1 aromatic rings. The van der Waals surface area contributed by atoms with Crippen LogP contribution in [0.15, 0.2) is 18.3 Å². The highest BCUT2D eigenvalue weighted by Gasteiger charge is 1.91. The van der Waals surface area contributed by atoms with Crippen molar-refractivity contribution < 1.29 is 0 Å². The van der Waals surface area contributed by atoms with Crippen molar-refractivity contribution >= 4 is 0 Å². The molecule has 0 spiro atoms. The van der Waals surface area contributed by atoms with Gasteiger partial charge in [-0.05, 0) is 31.5 Å². The Balaban J connectivity index is 2.37. The molecule has 0 saturated heterocycles. The minimum atomic E-state index is 0.883. The fraction of sp³-hybridized carbons (Fsp3) is 0.500. The lowest BCUT2D eigenvalue weighted by Gasteiger charge is -2.01. The van der Waals surface area contributed by atoms with E-state index in [4.69, 9.17) is 0 Å². The van der Waals surface area contributed by atoms with Gasteiger partial charge in [-0.3, -0.25) is 4.98 Å². The minimum Gasteiger partial charge on any atom is -0.311 e. The number of nitrogens with zero attached hydrogens (tertiary/aromatic N) is 1. The lowest BCUT2D eigenvalue weighted by atomic mass is 10.3. The van der Waals surface area contributed by atoms with E-state index < -0.39 is 0 Å². The lowest BCUT2D eigenvalue weighted by molar-refractivity contribution is 0.664. The van der Waals surface area contributed by atoms with Gasteiger partial charge < -0.3 is 5.32 Å². The minimum absolute atomic E-state index is 0.883. The summed E-state index contributed by atoms with van der Waals surface area (Å²) < 4.78 is 0. The van der Waals surface area contributed by atoms with E-state index in [0.29, 0.717) is 0 Å². The van der Waals surface area contributed by atoms with E-state index in [0.717, 1.165) is 18.8 Å². The quantitative estimate of drug-likeness (QED) is 0.687. The van der Waals surface area contributed by atoms with Gasteiger partial charge in [0.1, 0.15) is 0 Å². The Morgan fingerprint density at radius 3 is 2.83 bits per heavy atom. The zero-order chi connectivity index (χ0) is 8.81.